The second-order valence-corrected chi connectivity index (χ2v) is 7.88. The predicted molar refractivity (Wildman–Crippen MR) is 118 cm³/mol. The third-order valence-electron chi connectivity index (χ3n) is 5.24. The number of carbonyl (C=O) groups excluding carboxylic acids is 1. The summed E-state index contributed by atoms with van der Waals surface area (Å²) < 4.78 is 2.21. The number of aromatic nitrogens is 1. The summed E-state index contributed by atoms with van der Waals surface area (Å²) in [6.45, 7) is 4.53. The van der Waals surface area contributed by atoms with Gasteiger partial charge in [-0.3, -0.25) is 0 Å². The van der Waals surface area contributed by atoms with E-state index in [4.69, 9.17) is 0 Å². The first kappa shape index (κ1) is 18.3. The number of carbonyl (C=O) groups is 1. The topological polar surface area (TPSA) is 46.1 Å². The molecular formula is C23H23N3OS. The Morgan fingerprint density at radius 3 is 2.64 bits per heavy atom. The Bertz CT molecular complexity index is 1140. The molecule has 0 atom stereocenters. The molecule has 5 heteroatoms. The molecule has 2 aromatic carbocycles. The van der Waals surface area contributed by atoms with Crippen LogP contribution in [0.4, 0.5) is 10.5 Å². The Morgan fingerprint density at radius 2 is 1.86 bits per heavy atom. The minimum atomic E-state index is -0.196. The standard InChI is InChI=1S/C23H23N3OS/c1-15-8-6-10-19(16(15)2)25-23(27)24-14-18-17-9-4-5-11-20(17)26(3)22(18)21-12-7-13-28-21/h4-13H,14H2,1-3H3,(H2,24,25,27). The van der Waals surface area contributed by atoms with E-state index in [1.54, 1.807) is 11.3 Å². The van der Waals surface area contributed by atoms with Crippen molar-refractivity contribution in [3.63, 3.8) is 0 Å². The minimum Gasteiger partial charge on any atom is -0.343 e. The van der Waals surface area contributed by atoms with Crippen LogP contribution < -0.4 is 10.6 Å². The molecule has 0 aliphatic heterocycles. The minimum absolute atomic E-state index is 0.196. The van der Waals surface area contributed by atoms with Gasteiger partial charge in [-0.15, -0.1) is 11.3 Å². The fraction of sp³-hybridized carbons (Fsp3) is 0.174. The van der Waals surface area contributed by atoms with Gasteiger partial charge in [0.2, 0.25) is 0 Å². The van der Waals surface area contributed by atoms with Crippen LogP contribution in [-0.2, 0) is 13.6 Å². The molecule has 0 saturated heterocycles. The molecule has 28 heavy (non-hydrogen) atoms. The number of hydrogen-bond acceptors (Lipinski definition) is 2. The number of hydrogen-bond donors (Lipinski definition) is 2. The molecule has 0 saturated carbocycles. The summed E-state index contributed by atoms with van der Waals surface area (Å²) in [4.78, 5) is 13.8. The highest BCUT2D eigenvalue weighted by Gasteiger charge is 2.17. The maximum absolute atomic E-state index is 12.6. The van der Waals surface area contributed by atoms with Gasteiger partial charge in [-0.1, -0.05) is 36.4 Å². The van der Waals surface area contributed by atoms with Crippen molar-refractivity contribution in [2.24, 2.45) is 7.05 Å². The van der Waals surface area contributed by atoms with Gasteiger partial charge in [0.05, 0.1) is 10.6 Å². The number of thiophene rings is 1. The van der Waals surface area contributed by atoms with Crippen molar-refractivity contribution in [2.75, 3.05) is 5.32 Å². The molecule has 0 fully saturated rings. The number of nitrogens with one attached hydrogen (secondary N) is 2. The third-order valence-corrected chi connectivity index (χ3v) is 6.12. The van der Waals surface area contributed by atoms with Crippen LogP contribution in [0.3, 0.4) is 0 Å². The second kappa shape index (κ2) is 7.52. The Morgan fingerprint density at radius 1 is 1.04 bits per heavy atom. The number of rotatable bonds is 4. The summed E-state index contributed by atoms with van der Waals surface area (Å²) in [5.41, 5.74) is 6.54. The van der Waals surface area contributed by atoms with Crippen molar-refractivity contribution < 1.29 is 4.79 Å². The molecule has 2 N–H and O–H groups in total. The number of nitrogens with zero attached hydrogens (tertiary/aromatic N) is 1. The van der Waals surface area contributed by atoms with Crippen LogP contribution >= 0.6 is 11.3 Å². The van der Waals surface area contributed by atoms with Crippen molar-refractivity contribution in [3.8, 4) is 10.6 Å². The van der Waals surface area contributed by atoms with Crippen molar-refractivity contribution in [1.29, 1.82) is 0 Å². The molecular weight excluding hydrogens is 366 g/mol. The molecule has 0 radical (unpaired) electrons. The summed E-state index contributed by atoms with van der Waals surface area (Å²) in [7, 11) is 2.08. The fourth-order valence-electron chi connectivity index (χ4n) is 3.60. The number of benzene rings is 2. The maximum Gasteiger partial charge on any atom is 0.319 e. The molecule has 4 rings (SSSR count). The predicted octanol–water partition coefficient (Wildman–Crippen LogP) is 5.85. The first-order valence-corrected chi connectivity index (χ1v) is 10.2. The van der Waals surface area contributed by atoms with E-state index in [1.807, 2.05) is 44.2 Å². The summed E-state index contributed by atoms with van der Waals surface area (Å²) in [5.74, 6) is 0. The zero-order valence-corrected chi connectivity index (χ0v) is 17.1. The van der Waals surface area contributed by atoms with Gasteiger partial charge in [0.25, 0.3) is 0 Å². The highest BCUT2D eigenvalue weighted by atomic mass is 32.1. The number of amides is 2. The molecule has 0 spiro atoms. The lowest BCUT2D eigenvalue weighted by atomic mass is 10.1. The van der Waals surface area contributed by atoms with Gasteiger partial charge < -0.3 is 15.2 Å². The lowest BCUT2D eigenvalue weighted by Crippen LogP contribution is -2.28. The van der Waals surface area contributed by atoms with Crippen LogP contribution in [0.15, 0.2) is 60.0 Å². The fourth-order valence-corrected chi connectivity index (χ4v) is 4.43. The maximum atomic E-state index is 12.6. The Balaban J connectivity index is 1.62. The van der Waals surface area contributed by atoms with Crippen molar-refractivity contribution in [2.45, 2.75) is 20.4 Å². The van der Waals surface area contributed by atoms with Crippen LogP contribution in [0.2, 0.25) is 0 Å². The average Bonchev–Trinajstić information content (AvgIpc) is 3.31. The van der Waals surface area contributed by atoms with E-state index in [2.05, 4.69) is 51.9 Å². The zero-order valence-electron chi connectivity index (χ0n) is 16.2. The molecule has 2 heterocycles. The van der Waals surface area contributed by atoms with Gasteiger partial charge in [0, 0.05) is 35.7 Å². The zero-order chi connectivity index (χ0) is 19.7. The lowest BCUT2D eigenvalue weighted by molar-refractivity contribution is 0.252. The number of para-hydroxylation sites is 1. The SMILES string of the molecule is Cc1cccc(NC(=O)NCc2c(-c3cccs3)n(C)c3ccccc23)c1C. The summed E-state index contributed by atoms with van der Waals surface area (Å²) in [5, 5.41) is 9.27. The highest BCUT2D eigenvalue weighted by molar-refractivity contribution is 7.13. The number of aryl methyl sites for hydroxylation is 2. The van der Waals surface area contributed by atoms with Gasteiger partial charge in [-0.2, -0.15) is 0 Å². The van der Waals surface area contributed by atoms with Crippen molar-refractivity contribution in [3.05, 3.63) is 76.7 Å². The summed E-state index contributed by atoms with van der Waals surface area (Å²) in [6.07, 6.45) is 0. The Kier molecular flexibility index (Phi) is 4.92. The smallest absolute Gasteiger partial charge is 0.319 e. The van der Waals surface area contributed by atoms with Crippen LogP contribution in [-0.4, -0.2) is 10.6 Å². The van der Waals surface area contributed by atoms with Gasteiger partial charge >= 0.3 is 6.03 Å². The molecule has 142 valence electrons. The number of urea groups is 1. The molecule has 2 amide bonds. The number of anilines is 1. The van der Waals surface area contributed by atoms with Gasteiger partial charge in [0.1, 0.15) is 0 Å². The van der Waals surface area contributed by atoms with E-state index in [9.17, 15) is 4.79 Å². The van der Waals surface area contributed by atoms with Gasteiger partial charge in [-0.05, 0) is 48.6 Å². The monoisotopic (exact) mass is 389 g/mol. The molecule has 2 aromatic heterocycles. The van der Waals surface area contributed by atoms with Gasteiger partial charge in [0.15, 0.2) is 0 Å². The molecule has 0 aliphatic carbocycles. The number of fused-ring (bicyclic) bond motifs is 1. The van der Waals surface area contributed by atoms with E-state index < -0.39 is 0 Å². The van der Waals surface area contributed by atoms with Crippen LogP contribution in [0.25, 0.3) is 21.5 Å². The molecule has 0 unspecified atom stereocenters. The molecule has 4 nitrogen and oxygen atoms in total. The first-order valence-electron chi connectivity index (χ1n) is 9.27. The largest absolute Gasteiger partial charge is 0.343 e. The van der Waals surface area contributed by atoms with E-state index in [1.165, 1.54) is 10.3 Å². The van der Waals surface area contributed by atoms with E-state index in [0.29, 0.717) is 6.54 Å². The first-order chi connectivity index (χ1) is 13.6. The third kappa shape index (κ3) is 3.29. The van der Waals surface area contributed by atoms with Crippen molar-refractivity contribution in [1.82, 2.24) is 9.88 Å². The summed E-state index contributed by atoms with van der Waals surface area (Å²) >= 11 is 1.71. The van der Waals surface area contributed by atoms with Crippen LogP contribution in [0.5, 0.6) is 0 Å². The second-order valence-electron chi connectivity index (χ2n) is 6.94. The Hall–Kier alpha value is -3.05. The van der Waals surface area contributed by atoms with E-state index >= 15 is 0 Å². The molecule has 4 aromatic rings. The van der Waals surface area contributed by atoms with Crippen LogP contribution in [0, 0.1) is 13.8 Å². The average molecular weight is 390 g/mol. The highest BCUT2D eigenvalue weighted by Crippen LogP contribution is 2.35. The van der Waals surface area contributed by atoms with Crippen molar-refractivity contribution >= 4 is 34.0 Å². The molecule has 0 aliphatic rings. The Labute approximate surface area is 168 Å². The quantitative estimate of drug-likeness (QED) is 0.452. The van der Waals surface area contributed by atoms with E-state index in [0.717, 1.165) is 33.6 Å². The van der Waals surface area contributed by atoms with Gasteiger partial charge in [-0.25, -0.2) is 4.79 Å². The molecule has 0 bridgehead atoms. The summed E-state index contributed by atoms with van der Waals surface area (Å²) in [6, 6.07) is 18.2. The normalized spacial score (nSPS) is 11.0. The van der Waals surface area contributed by atoms with Crippen LogP contribution in [0.1, 0.15) is 16.7 Å². The lowest BCUT2D eigenvalue weighted by Gasteiger charge is -2.12. The van der Waals surface area contributed by atoms with E-state index in [-0.39, 0.29) is 6.03 Å².